The minimum Gasteiger partial charge on any atom is -0.446 e. The number of hydrogen-bond donors (Lipinski definition) is 2. The number of aromatic amines is 1. The number of ether oxygens (including phenoxy) is 1. The number of aryl methyl sites for hydroxylation is 1. The maximum atomic E-state index is 12.3. The number of aromatic nitrogens is 3. The van der Waals surface area contributed by atoms with Crippen LogP contribution in [-0.2, 0) is 17.7 Å². The van der Waals surface area contributed by atoms with E-state index in [1.54, 1.807) is 12.3 Å². The summed E-state index contributed by atoms with van der Waals surface area (Å²) in [5.41, 5.74) is 7.00. The molecule has 0 radical (unpaired) electrons. The van der Waals surface area contributed by atoms with Gasteiger partial charge in [-0.3, -0.25) is 24.9 Å². The van der Waals surface area contributed by atoms with Crippen LogP contribution in [0.25, 0.3) is 11.0 Å². The first-order valence-electron chi connectivity index (χ1n) is 11.7. The molecule has 11 nitrogen and oxygen atoms in total. The molecule has 0 saturated carbocycles. The summed E-state index contributed by atoms with van der Waals surface area (Å²) in [5.74, 6) is -0.448. The highest BCUT2D eigenvalue weighted by Gasteiger charge is 2.25. The highest BCUT2D eigenvalue weighted by atomic mass is 16.6. The number of rotatable bonds is 6. The van der Waals surface area contributed by atoms with Gasteiger partial charge in [0, 0.05) is 44.5 Å². The predicted molar refractivity (Wildman–Crippen MR) is 129 cm³/mol. The summed E-state index contributed by atoms with van der Waals surface area (Å²) in [4.78, 5) is 52.3. The Hall–Kier alpha value is -3.99. The molecule has 2 N–H and O–H groups in total. The van der Waals surface area contributed by atoms with E-state index < -0.39 is 12.0 Å². The molecule has 5 heterocycles. The van der Waals surface area contributed by atoms with Crippen molar-refractivity contribution in [2.75, 3.05) is 44.2 Å². The topological polar surface area (TPSA) is 124 Å². The molecule has 182 valence electrons. The Balaban J connectivity index is 1.16. The van der Waals surface area contributed by atoms with Crippen LogP contribution >= 0.6 is 0 Å². The number of cyclic esters (lactones) is 1. The molecular formula is C24H27N7O4. The Morgan fingerprint density at radius 2 is 1.91 bits per heavy atom. The standard InChI is InChI=1S/C24H27N7O4/c1-2-17-12-20-21(27-22(17)32)11-16(13-25-20)15-29-5-7-30(8-6-29)18-3-4-19(26-14-18)23(33)28-31-9-10-35-24(31)34/h3-4,11-14H,2,5-10,15H2,1H3,(H,27,32)(H,28,33). The van der Waals surface area contributed by atoms with Gasteiger partial charge in [-0.2, -0.15) is 0 Å². The van der Waals surface area contributed by atoms with Gasteiger partial charge in [0.2, 0.25) is 0 Å². The lowest BCUT2D eigenvalue weighted by Crippen LogP contribution is -2.46. The Kier molecular flexibility index (Phi) is 6.32. The van der Waals surface area contributed by atoms with Crippen LogP contribution in [0.15, 0.2) is 41.5 Å². The monoisotopic (exact) mass is 477 g/mol. The van der Waals surface area contributed by atoms with Crippen LogP contribution in [0.5, 0.6) is 0 Å². The molecule has 0 aliphatic carbocycles. The molecule has 0 spiro atoms. The Morgan fingerprint density at radius 1 is 1.09 bits per heavy atom. The summed E-state index contributed by atoms with van der Waals surface area (Å²) in [7, 11) is 0. The zero-order valence-electron chi connectivity index (χ0n) is 19.5. The van der Waals surface area contributed by atoms with Gasteiger partial charge in [-0.05, 0) is 36.2 Å². The summed E-state index contributed by atoms with van der Waals surface area (Å²) >= 11 is 0. The van der Waals surface area contributed by atoms with Crippen LogP contribution < -0.4 is 15.9 Å². The van der Waals surface area contributed by atoms with E-state index in [0.29, 0.717) is 13.0 Å². The number of amides is 2. The number of H-pyrrole nitrogens is 1. The fraction of sp³-hybridized carbons (Fsp3) is 0.375. The quantitative estimate of drug-likeness (QED) is 0.545. The second-order valence-corrected chi connectivity index (χ2v) is 8.63. The van der Waals surface area contributed by atoms with Gasteiger partial charge in [-0.15, -0.1) is 0 Å². The smallest absolute Gasteiger partial charge is 0.428 e. The normalized spacial score (nSPS) is 16.5. The number of fused-ring (bicyclic) bond motifs is 1. The van der Waals surface area contributed by atoms with Gasteiger partial charge >= 0.3 is 6.09 Å². The number of nitrogens with one attached hydrogen (secondary N) is 2. The van der Waals surface area contributed by atoms with E-state index in [2.05, 4.69) is 30.2 Å². The third kappa shape index (κ3) is 4.94. The molecule has 0 bridgehead atoms. The molecular weight excluding hydrogens is 450 g/mol. The first kappa shape index (κ1) is 22.8. The molecule has 35 heavy (non-hydrogen) atoms. The number of hydrogen-bond acceptors (Lipinski definition) is 8. The van der Waals surface area contributed by atoms with Crippen LogP contribution in [0.4, 0.5) is 10.5 Å². The molecule has 3 aromatic rings. The SMILES string of the molecule is CCc1cc2ncc(CN3CCN(c4ccc(C(=O)NN5CCOC5=O)nc4)CC3)cc2[nH]c1=O. The minimum atomic E-state index is -0.564. The maximum absolute atomic E-state index is 12.3. The molecule has 0 atom stereocenters. The Bertz CT molecular complexity index is 1300. The molecule has 2 amide bonds. The van der Waals surface area contributed by atoms with Gasteiger partial charge in [0.15, 0.2) is 0 Å². The highest BCUT2D eigenvalue weighted by Crippen LogP contribution is 2.18. The second kappa shape index (κ2) is 9.71. The van der Waals surface area contributed by atoms with E-state index in [1.165, 1.54) is 0 Å². The molecule has 2 saturated heterocycles. The summed E-state index contributed by atoms with van der Waals surface area (Å²) in [6.45, 7) is 6.67. The van der Waals surface area contributed by atoms with E-state index in [9.17, 15) is 14.4 Å². The lowest BCUT2D eigenvalue weighted by Gasteiger charge is -2.36. The van der Waals surface area contributed by atoms with E-state index in [4.69, 9.17) is 4.74 Å². The molecule has 2 aliphatic rings. The fourth-order valence-electron chi connectivity index (χ4n) is 4.32. The number of carbonyl (C=O) groups is 2. The average molecular weight is 478 g/mol. The summed E-state index contributed by atoms with van der Waals surface area (Å²) in [5, 5.41) is 1.14. The molecule has 5 rings (SSSR count). The van der Waals surface area contributed by atoms with Crippen LogP contribution in [-0.4, -0.2) is 76.2 Å². The Morgan fingerprint density at radius 3 is 2.60 bits per heavy atom. The van der Waals surface area contributed by atoms with Crippen molar-refractivity contribution in [1.82, 2.24) is 30.3 Å². The van der Waals surface area contributed by atoms with Gasteiger partial charge < -0.3 is 14.6 Å². The zero-order valence-corrected chi connectivity index (χ0v) is 19.5. The number of carbonyl (C=O) groups excluding carboxylic acids is 2. The summed E-state index contributed by atoms with van der Waals surface area (Å²) < 4.78 is 4.80. The molecule has 2 fully saturated rings. The number of nitrogens with zero attached hydrogens (tertiary/aromatic N) is 5. The summed E-state index contributed by atoms with van der Waals surface area (Å²) in [6.07, 6.45) is 3.67. The van der Waals surface area contributed by atoms with Crippen LogP contribution in [0.3, 0.4) is 0 Å². The first-order chi connectivity index (χ1) is 17.0. The van der Waals surface area contributed by atoms with Crippen molar-refractivity contribution in [1.29, 1.82) is 0 Å². The van der Waals surface area contributed by atoms with Crippen molar-refractivity contribution >= 4 is 28.7 Å². The number of hydrazine groups is 1. The van der Waals surface area contributed by atoms with Crippen LogP contribution in [0.1, 0.15) is 28.5 Å². The average Bonchev–Trinajstić information content (AvgIpc) is 3.28. The van der Waals surface area contributed by atoms with Crippen molar-refractivity contribution in [3.63, 3.8) is 0 Å². The predicted octanol–water partition coefficient (Wildman–Crippen LogP) is 1.30. The number of anilines is 1. The van der Waals surface area contributed by atoms with Gasteiger partial charge in [0.25, 0.3) is 11.5 Å². The molecule has 3 aromatic heterocycles. The van der Waals surface area contributed by atoms with Crippen molar-refractivity contribution in [2.24, 2.45) is 0 Å². The lowest BCUT2D eigenvalue weighted by atomic mass is 10.1. The fourth-order valence-corrected chi connectivity index (χ4v) is 4.32. The van der Waals surface area contributed by atoms with Gasteiger partial charge in [-0.1, -0.05) is 6.92 Å². The zero-order chi connectivity index (χ0) is 24.4. The third-order valence-corrected chi connectivity index (χ3v) is 6.33. The van der Waals surface area contributed by atoms with Gasteiger partial charge in [0.05, 0.1) is 29.5 Å². The lowest BCUT2D eigenvalue weighted by molar-refractivity contribution is 0.0826. The van der Waals surface area contributed by atoms with Gasteiger partial charge in [0.1, 0.15) is 12.3 Å². The minimum absolute atomic E-state index is 0.0526. The van der Waals surface area contributed by atoms with Crippen LogP contribution in [0, 0.1) is 0 Å². The summed E-state index contributed by atoms with van der Waals surface area (Å²) in [6, 6.07) is 7.39. The highest BCUT2D eigenvalue weighted by molar-refractivity contribution is 5.93. The van der Waals surface area contributed by atoms with Crippen LogP contribution in [0.2, 0.25) is 0 Å². The molecule has 0 aromatic carbocycles. The maximum Gasteiger partial charge on any atom is 0.428 e. The van der Waals surface area contributed by atoms with Crippen molar-refractivity contribution < 1.29 is 14.3 Å². The van der Waals surface area contributed by atoms with E-state index in [0.717, 1.165) is 65.6 Å². The molecule has 2 aliphatic heterocycles. The third-order valence-electron chi connectivity index (χ3n) is 6.33. The van der Waals surface area contributed by atoms with Gasteiger partial charge in [-0.25, -0.2) is 14.8 Å². The van der Waals surface area contributed by atoms with E-state index in [-0.39, 0.29) is 17.9 Å². The van der Waals surface area contributed by atoms with E-state index in [1.807, 2.05) is 31.3 Å². The molecule has 0 unspecified atom stereocenters. The van der Waals surface area contributed by atoms with E-state index >= 15 is 0 Å². The first-order valence-corrected chi connectivity index (χ1v) is 11.7. The molecule has 11 heteroatoms. The number of pyridine rings is 3. The van der Waals surface area contributed by atoms with Crippen molar-refractivity contribution in [2.45, 2.75) is 19.9 Å². The Labute approximate surface area is 201 Å². The largest absolute Gasteiger partial charge is 0.446 e. The van der Waals surface area contributed by atoms with Crippen molar-refractivity contribution in [3.05, 3.63) is 63.8 Å². The second-order valence-electron chi connectivity index (χ2n) is 8.63. The van der Waals surface area contributed by atoms with Crippen molar-refractivity contribution in [3.8, 4) is 0 Å². The number of piperazine rings is 1.